The van der Waals surface area contributed by atoms with Crippen LogP contribution in [-0.2, 0) is 9.53 Å². The molecule has 3 fully saturated rings. The Balaban J connectivity index is 1.47. The zero-order valence-electron chi connectivity index (χ0n) is 17.8. The smallest absolute Gasteiger partial charge is 0.311 e. The van der Waals surface area contributed by atoms with Gasteiger partial charge in [0.05, 0.1) is 24.8 Å². The molecule has 7 nitrogen and oxygen atoms in total. The fourth-order valence-electron chi connectivity index (χ4n) is 5.86. The van der Waals surface area contributed by atoms with Crippen LogP contribution in [0.3, 0.4) is 0 Å². The third-order valence-corrected chi connectivity index (χ3v) is 7.25. The first-order valence-corrected chi connectivity index (χ1v) is 11.3. The van der Waals surface area contributed by atoms with Crippen LogP contribution < -0.4 is 0 Å². The van der Waals surface area contributed by atoms with E-state index in [4.69, 9.17) is 9.72 Å². The zero-order chi connectivity index (χ0) is 21.8. The van der Waals surface area contributed by atoms with Crippen molar-refractivity contribution in [3.63, 3.8) is 0 Å². The van der Waals surface area contributed by atoms with Gasteiger partial charge in [0.15, 0.2) is 5.82 Å². The molecular formula is C24H24FN5O2. The summed E-state index contributed by atoms with van der Waals surface area (Å²) in [6.45, 7) is 2.25. The molecule has 8 heteroatoms. The number of carbonyl (C=O) groups excluding carboxylic acids is 1. The summed E-state index contributed by atoms with van der Waals surface area (Å²) in [7, 11) is 0. The second-order valence-corrected chi connectivity index (χ2v) is 8.89. The van der Waals surface area contributed by atoms with Gasteiger partial charge in [-0.15, -0.1) is 0 Å². The van der Waals surface area contributed by atoms with E-state index in [1.807, 2.05) is 19.2 Å². The molecule has 164 valence electrons. The third-order valence-electron chi connectivity index (χ3n) is 7.25. The summed E-state index contributed by atoms with van der Waals surface area (Å²) >= 11 is 0. The number of nitrogens with zero attached hydrogens (tertiary/aromatic N) is 4. The first-order valence-electron chi connectivity index (χ1n) is 11.3. The van der Waals surface area contributed by atoms with Gasteiger partial charge in [0, 0.05) is 34.9 Å². The normalized spacial score (nSPS) is 24.9. The van der Waals surface area contributed by atoms with Crippen LogP contribution in [0.5, 0.6) is 0 Å². The Morgan fingerprint density at radius 2 is 2.03 bits per heavy atom. The van der Waals surface area contributed by atoms with E-state index in [9.17, 15) is 9.18 Å². The van der Waals surface area contributed by atoms with Crippen molar-refractivity contribution in [2.24, 2.45) is 17.8 Å². The Bertz CT molecular complexity index is 1320. The number of fused-ring (bicyclic) bond motifs is 5. The van der Waals surface area contributed by atoms with Crippen LogP contribution in [0.4, 0.5) is 4.39 Å². The van der Waals surface area contributed by atoms with Crippen molar-refractivity contribution in [2.75, 3.05) is 6.61 Å². The number of pyridine rings is 1. The molecule has 2 bridgehead atoms. The first-order chi connectivity index (χ1) is 15.6. The number of aromatic amines is 1. The van der Waals surface area contributed by atoms with Crippen molar-refractivity contribution in [3.05, 3.63) is 42.7 Å². The first kappa shape index (κ1) is 19.4. The number of halogens is 1. The van der Waals surface area contributed by atoms with E-state index < -0.39 is 5.82 Å². The van der Waals surface area contributed by atoms with Crippen LogP contribution in [-0.4, -0.2) is 37.1 Å². The molecule has 0 radical (unpaired) electrons. The van der Waals surface area contributed by atoms with Crippen molar-refractivity contribution in [2.45, 2.75) is 38.6 Å². The van der Waals surface area contributed by atoms with Gasteiger partial charge in [-0.3, -0.25) is 4.79 Å². The van der Waals surface area contributed by atoms with Gasteiger partial charge in [0.2, 0.25) is 0 Å². The molecule has 0 amide bonds. The van der Waals surface area contributed by atoms with Crippen LogP contribution in [0.25, 0.3) is 33.5 Å². The van der Waals surface area contributed by atoms with Gasteiger partial charge in [-0.25, -0.2) is 19.3 Å². The SMILES string of the molecule is CCOC(=O)[C@H]1C2CCC(CC2)[C@@H]1n1ccc2cnc(-c3c[nH]c4ncc(F)cc34)nc21. The summed E-state index contributed by atoms with van der Waals surface area (Å²) < 4.78 is 21.5. The quantitative estimate of drug-likeness (QED) is 0.473. The maximum Gasteiger partial charge on any atom is 0.311 e. The van der Waals surface area contributed by atoms with E-state index in [-0.39, 0.29) is 17.9 Å². The maximum atomic E-state index is 13.8. The fourth-order valence-corrected chi connectivity index (χ4v) is 5.86. The van der Waals surface area contributed by atoms with Crippen molar-refractivity contribution in [1.29, 1.82) is 0 Å². The molecule has 3 aliphatic carbocycles. The number of rotatable bonds is 4. The topological polar surface area (TPSA) is 85.7 Å². The van der Waals surface area contributed by atoms with E-state index in [1.165, 1.54) is 12.3 Å². The maximum absolute atomic E-state index is 13.8. The van der Waals surface area contributed by atoms with Crippen LogP contribution in [0.2, 0.25) is 0 Å². The molecule has 0 unspecified atom stereocenters. The summed E-state index contributed by atoms with van der Waals surface area (Å²) in [5.74, 6) is 0.632. The van der Waals surface area contributed by atoms with Gasteiger partial charge in [-0.1, -0.05) is 0 Å². The summed E-state index contributed by atoms with van der Waals surface area (Å²) in [5.41, 5.74) is 2.08. The number of carbonyl (C=O) groups is 1. The number of ether oxygens (including phenoxy) is 1. The molecular weight excluding hydrogens is 409 g/mol. The number of hydrogen-bond donors (Lipinski definition) is 1. The molecule has 3 aliphatic rings. The molecule has 32 heavy (non-hydrogen) atoms. The highest BCUT2D eigenvalue weighted by atomic mass is 19.1. The van der Waals surface area contributed by atoms with E-state index in [2.05, 4.69) is 19.5 Å². The minimum Gasteiger partial charge on any atom is -0.466 e. The average molecular weight is 433 g/mol. The van der Waals surface area contributed by atoms with Crippen molar-refractivity contribution in [1.82, 2.24) is 24.5 Å². The highest BCUT2D eigenvalue weighted by Crippen LogP contribution is 2.52. The minimum atomic E-state index is -0.404. The Labute approximate surface area is 184 Å². The lowest BCUT2D eigenvalue weighted by Gasteiger charge is -2.47. The zero-order valence-corrected chi connectivity index (χ0v) is 17.8. The highest BCUT2D eigenvalue weighted by Gasteiger charge is 2.49. The van der Waals surface area contributed by atoms with E-state index >= 15 is 0 Å². The van der Waals surface area contributed by atoms with Crippen LogP contribution >= 0.6 is 0 Å². The summed E-state index contributed by atoms with van der Waals surface area (Å²) in [4.78, 5) is 29.5. The van der Waals surface area contributed by atoms with Crippen LogP contribution in [0, 0.1) is 23.6 Å². The lowest BCUT2D eigenvalue weighted by Crippen LogP contribution is -2.45. The molecule has 4 aromatic heterocycles. The minimum absolute atomic E-state index is 0.0314. The van der Waals surface area contributed by atoms with Gasteiger partial charge < -0.3 is 14.3 Å². The van der Waals surface area contributed by atoms with Gasteiger partial charge in [-0.05, 0) is 56.6 Å². The van der Waals surface area contributed by atoms with E-state index in [0.717, 1.165) is 36.7 Å². The second kappa shape index (κ2) is 7.39. The largest absolute Gasteiger partial charge is 0.466 e. The number of hydrogen-bond acceptors (Lipinski definition) is 5. The second-order valence-electron chi connectivity index (χ2n) is 8.89. The predicted octanol–water partition coefficient (Wildman–Crippen LogP) is 4.65. The predicted molar refractivity (Wildman–Crippen MR) is 117 cm³/mol. The highest BCUT2D eigenvalue weighted by molar-refractivity contribution is 5.92. The van der Waals surface area contributed by atoms with Gasteiger partial charge in [0.1, 0.15) is 17.1 Å². The Morgan fingerprint density at radius 1 is 1.22 bits per heavy atom. The van der Waals surface area contributed by atoms with E-state index in [0.29, 0.717) is 40.9 Å². The Morgan fingerprint density at radius 3 is 2.84 bits per heavy atom. The lowest BCUT2D eigenvalue weighted by atomic mass is 9.61. The van der Waals surface area contributed by atoms with Gasteiger partial charge >= 0.3 is 5.97 Å². The Hall–Kier alpha value is -3.29. The monoisotopic (exact) mass is 433 g/mol. The molecule has 3 saturated carbocycles. The van der Waals surface area contributed by atoms with Gasteiger partial charge in [-0.2, -0.15) is 0 Å². The van der Waals surface area contributed by atoms with Gasteiger partial charge in [0.25, 0.3) is 0 Å². The van der Waals surface area contributed by atoms with Crippen LogP contribution in [0.1, 0.15) is 38.6 Å². The molecule has 7 rings (SSSR count). The molecule has 4 aromatic rings. The standard InChI is InChI=1S/C24H24FN5O2/c1-2-32-24(31)19-13-3-5-14(6-4-13)20(19)30-8-7-15-10-26-22(29-23(15)30)18-12-28-21-17(18)9-16(25)11-27-21/h7-14,19-20H,2-6H2,1H3,(H,27,28)/t13?,14?,19-,20-/m0/s1. The number of nitrogens with one attached hydrogen (secondary N) is 1. The number of H-pyrrole nitrogens is 1. The Kier molecular flexibility index (Phi) is 4.48. The molecule has 0 aromatic carbocycles. The summed E-state index contributed by atoms with van der Waals surface area (Å²) in [6, 6.07) is 3.47. The summed E-state index contributed by atoms with van der Waals surface area (Å²) in [6.07, 6.45) is 11.2. The molecule has 0 saturated heterocycles. The molecule has 0 spiro atoms. The van der Waals surface area contributed by atoms with E-state index in [1.54, 1.807) is 12.4 Å². The third kappa shape index (κ3) is 2.92. The van der Waals surface area contributed by atoms with Crippen LogP contribution in [0.15, 0.2) is 36.9 Å². The molecule has 1 N–H and O–H groups in total. The van der Waals surface area contributed by atoms with Crippen molar-refractivity contribution in [3.8, 4) is 11.4 Å². The number of esters is 1. The van der Waals surface area contributed by atoms with Crippen molar-refractivity contribution < 1.29 is 13.9 Å². The molecule has 0 aliphatic heterocycles. The fraction of sp³-hybridized carbons (Fsp3) is 0.417. The lowest BCUT2D eigenvalue weighted by molar-refractivity contribution is -0.157. The summed E-state index contributed by atoms with van der Waals surface area (Å²) in [5, 5.41) is 1.56. The average Bonchev–Trinajstić information content (AvgIpc) is 3.42. The molecule has 2 atom stereocenters. The molecule has 4 heterocycles. The van der Waals surface area contributed by atoms with Crippen molar-refractivity contribution >= 4 is 28.0 Å². The number of aromatic nitrogens is 5.